The molecule has 5 nitrogen and oxygen atoms in total. The molecule has 0 saturated heterocycles. The van der Waals surface area contributed by atoms with Crippen LogP contribution in [0.3, 0.4) is 0 Å². The molecule has 144 valence electrons. The van der Waals surface area contributed by atoms with E-state index in [1.807, 2.05) is 68.5 Å². The van der Waals surface area contributed by atoms with Gasteiger partial charge in [-0.25, -0.2) is 0 Å². The normalized spacial score (nSPS) is 15.0. The van der Waals surface area contributed by atoms with Gasteiger partial charge < -0.3 is 9.47 Å². The Morgan fingerprint density at radius 1 is 1.21 bits per heavy atom. The van der Waals surface area contributed by atoms with Gasteiger partial charge in [0.05, 0.1) is 30.7 Å². The van der Waals surface area contributed by atoms with Crippen molar-refractivity contribution in [3.63, 3.8) is 0 Å². The minimum absolute atomic E-state index is 0.151. The second-order valence-corrected chi connectivity index (χ2v) is 6.33. The summed E-state index contributed by atoms with van der Waals surface area (Å²) >= 11 is 0. The van der Waals surface area contributed by atoms with Crippen molar-refractivity contribution in [3.8, 4) is 11.5 Å². The number of carbonyl (C=O) groups is 1. The molecule has 1 aliphatic heterocycles. The molecule has 0 aliphatic carbocycles. The van der Waals surface area contributed by atoms with Gasteiger partial charge >= 0.3 is 0 Å². The summed E-state index contributed by atoms with van der Waals surface area (Å²) in [4.78, 5) is 12.9. The van der Waals surface area contributed by atoms with E-state index in [9.17, 15) is 4.79 Å². The van der Waals surface area contributed by atoms with Gasteiger partial charge in [0.15, 0.2) is 11.5 Å². The Hall–Kier alpha value is -3.34. The zero-order valence-corrected chi connectivity index (χ0v) is 16.4. The van der Waals surface area contributed by atoms with E-state index in [1.165, 1.54) is 5.01 Å². The molecule has 2 aromatic rings. The highest BCUT2D eigenvalue weighted by Gasteiger charge is 2.28. The van der Waals surface area contributed by atoms with E-state index in [4.69, 9.17) is 9.47 Å². The number of anilines is 1. The van der Waals surface area contributed by atoms with Crippen LogP contribution in [0.4, 0.5) is 5.69 Å². The van der Waals surface area contributed by atoms with Gasteiger partial charge in [0.1, 0.15) is 0 Å². The topological polar surface area (TPSA) is 51.1 Å². The van der Waals surface area contributed by atoms with Crippen molar-refractivity contribution < 1.29 is 14.3 Å². The molecule has 1 aliphatic rings. The van der Waals surface area contributed by atoms with Crippen LogP contribution in [0.2, 0.25) is 0 Å². The molecule has 0 fully saturated rings. The molecule has 1 amide bonds. The highest BCUT2D eigenvalue weighted by atomic mass is 16.5. The Kier molecular flexibility index (Phi) is 5.94. The summed E-state index contributed by atoms with van der Waals surface area (Å²) < 4.78 is 11.3. The van der Waals surface area contributed by atoms with Crippen molar-refractivity contribution in [3.05, 3.63) is 71.8 Å². The predicted molar refractivity (Wildman–Crippen MR) is 113 cm³/mol. The largest absolute Gasteiger partial charge is 0.493 e. The summed E-state index contributed by atoms with van der Waals surface area (Å²) in [5, 5.41) is 5.85. The minimum atomic E-state index is -0.151. The van der Waals surface area contributed by atoms with Crippen LogP contribution in [0, 0.1) is 0 Å². The molecular weight excluding hydrogens is 352 g/mol. The number of hydrogen-bond acceptors (Lipinski definition) is 4. The van der Waals surface area contributed by atoms with E-state index in [2.05, 4.69) is 11.7 Å². The van der Waals surface area contributed by atoms with Gasteiger partial charge in [0, 0.05) is 5.56 Å². The van der Waals surface area contributed by atoms with Crippen molar-refractivity contribution in [1.82, 2.24) is 0 Å². The third kappa shape index (κ3) is 3.83. The molecule has 1 heterocycles. The van der Waals surface area contributed by atoms with Crippen LogP contribution in [-0.4, -0.2) is 25.3 Å². The third-order valence-electron chi connectivity index (χ3n) is 4.40. The maximum absolute atomic E-state index is 12.9. The van der Waals surface area contributed by atoms with E-state index in [-0.39, 0.29) is 5.91 Å². The zero-order valence-electron chi connectivity index (χ0n) is 16.4. The quantitative estimate of drug-likeness (QED) is 0.523. The van der Waals surface area contributed by atoms with Crippen molar-refractivity contribution in [2.75, 3.05) is 18.7 Å². The lowest BCUT2D eigenvalue weighted by Crippen LogP contribution is -2.21. The van der Waals surface area contributed by atoms with Gasteiger partial charge in [0.25, 0.3) is 5.91 Å². The maximum atomic E-state index is 12.9. The van der Waals surface area contributed by atoms with Gasteiger partial charge in [-0.3, -0.25) is 4.79 Å². The number of allylic oxidation sites excluding steroid dienone is 1. The van der Waals surface area contributed by atoms with Crippen LogP contribution < -0.4 is 14.5 Å². The molecule has 0 saturated carbocycles. The van der Waals surface area contributed by atoms with Gasteiger partial charge in [-0.05, 0) is 56.2 Å². The van der Waals surface area contributed by atoms with Crippen LogP contribution in [-0.2, 0) is 11.2 Å². The first-order chi connectivity index (χ1) is 13.6. The van der Waals surface area contributed by atoms with E-state index in [1.54, 1.807) is 7.11 Å². The van der Waals surface area contributed by atoms with Crippen molar-refractivity contribution in [2.45, 2.75) is 20.3 Å². The number of amides is 1. The molecule has 3 rings (SSSR count). The Balaban J connectivity index is 2.01. The molecule has 0 atom stereocenters. The molecule has 0 radical (unpaired) electrons. The summed E-state index contributed by atoms with van der Waals surface area (Å²) in [5.41, 5.74) is 3.78. The third-order valence-corrected chi connectivity index (χ3v) is 4.40. The van der Waals surface area contributed by atoms with E-state index < -0.39 is 0 Å². The van der Waals surface area contributed by atoms with Crippen molar-refractivity contribution in [1.29, 1.82) is 0 Å². The molecular formula is C23H24N2O3. The number of ether oxygens (including phenoxy) is 2. The molecule has 0 unspecified atom stereocenters. The van der Waals surface area contributed by atoms with Crippen LogP contribution in [0.15, 0.2) is 65.8 Å². The van der Waals surface area contributed by atoms with Crippen molar-refractivity contribution >= 4 is 23.4 Å². The molecule has 2 aromatic carbocycles. The number of hydrazone groups is 1. The number of nitrogens with zero attached hydrogens (tertiary/aromatic N) is 2. The number of carbonyl (C=O) groups excluding carboxylic acids is 1. The lowest BCUT2D eigenvalue weighted by Gasteiger charge is -2.15. The SMILES string of the molecule is C=CCc1cc(/C=C2/C(=O)N(c3ccccc3)N=C2C)cc(OC)c1OCC. The van der Waals surface area contributed by atoms with E-state index in [0.29, 0.717) is 35.8 Å². The molecule has 0 spiro atoms. The first-order valence-electron chi connectivity index (χ1n) is 9.20. The summed E-state index contributed by atoms with van der Waals surface area (Å²) in [6, 6.07) is 13.3. The smallest absolute Gasteiger partial charge is 0.280 e. The first kappa shape index (κ1) is 19.4. The molecule has 0 aromatic heterocycles. The fourth-order valence-electron chi connectivity index (χ4n) is 3.13. The number of benzene rings is 2. The lowest BCUT2D eigenvalue weighted by molar-refractivity contribution is -0.114. The van der Waals surface area contributed by atoms with Crippen LogP contribution >= 0.6 is 0 Å². The first-order valence-corrected chi connectivity index (χ1v) is 9.20. The average Bonchev–Trinajstić information content (AvgIpc) is 2.99. The van der Waals surface area contributed by atoms with E-state index in [0.717, 1.165) is 16.8 Å². The van der Waals surface area contributed by atoms with Crippen LogP contribution in [0.5, 0.6) is 11.5 Å². The summed E-state index contributed by atoms with van der Waals surface area (Å²) in [5.74, 6) is 1.19. The highest BCUT2D eigenvalue weighted by molar-refractivity contribution is 6.32. The molecule has 5 heteroatoms. The Labute approximate surface area is 165 Å². The van der Waals surface area contributed by atoms with Gasteiger partial charge in [-0.1, -0.05) is 24.3 Å². The number of para-hydroxylation sites is 1. The summed E-state index contributed by atoms with van der Waals surface area (Å²) in [6.45, 7) is 8.13. The highest BCUT2D eigenvalue weighted by Crippen LogP contribution is 2.35. The second kappa shape index (κ2) is 8.57. The number of methoxy groups -OCH3 is 1. The average molecular weight is 376 g/mol. The Morgan fingerprint density at radius 3 is 2.61 bits per heavy atom. The Bertz CT molecular complexity index is 946. The maximum Gasteiger partial charge on any atom is 0.280 e. The second-order valence-electron chi connectivity index (χ2n) is 6.33. The Morgan fingerprint density at radius 2 is 1.96 bits per heavy atom. The zero-order chi connectivity index (χ0) is 20.1. The number of hydrogen-bond donors (Lipinski definition) is 0. The van der Waals surface area contributed by atoms with Crippen molar-refractivity contribution in [2.24, 2.45) is 5.10 Å². The fraction of sp³-hybridized carbons (Fsp3) is 0.217. The predicted octanol–water partition coefficient (Wildman–Crippen LogP) is 4.63. The molecule has 0 bridgehead atoms. The summed E-state index contributed by atoms with van der Waals surface area (Å²) in [7, 11) is 1.61. The fourth-order valence-corrected chi connectivity index (χ4v) is 3.13. The lowest BCUT2D eigenvalue weighted by atomic mass is 10.0. The monoisotopic (exact) mass is 376 g/mol. The van der Waals surface area contributed by atoms with Crippen LogP contribution in [0.1, 0.15) is 25.0 Å². The molecule has 0 N–H and O–H groups in total. The summed E-state index contributed by atoms with van der Waals surface area (Å²) in [6.07, 6.45) is 4.30. The standard InChI is InChI=1S/C23H24N2O3/c1-5-10-18-13-17(15-21(27-4)22(18)28-6-2)14-20-16(3)24-25(23(20)26)19-11-8-7-9-12-19/h5,7-9,11-15H,1,6,10H2,2-4H3/b20-14+. The number of rotatable bonds is 7. The van der Waals surface area contributed by atoms with Gasteiger partial charge in [-0.15, -0.1) is 6.58 Å². The minimum Gasteiger partial charge on any atom is -0.493 e. The van der Waals surface area contributed by atoms with Gasteiger partial charge in [0.2, 0.25) is 0 Å². The molecule has 28 heavy (non-hydrogen) atoms. The van der Waals surface area contributed by atoms with E-state index >= 15 is 0 Å². The van der Waals surface area contributed by atoms with Crippen LogP contribution in [0.25, 0.3) is 6.08 Å². The van der Waals surface area contributed by atoms with Gasteiger partial charge in [-0.2, -0.15) is 10.1 Å².